The molecule has 5 nitrogen and oxygen atoms in total. The Morgan fingerprint density at radius 2 is 1.89 bits per heavy atom. The van der Waals surface area contributed by atoms with Crippen molar-refractivity contribution >= 4 is 11.7 Å². The number of carbonyl (C=O) groups excluding carboxylic acids is 1. The van der Waals surface area contributed by atoms with Gasteiger partial charge < -0.3 is 20.1 Å². The van der Waals surface area contributed by atoms with Crippen LogP contribution in [0.15, 0.2) is 48.5 Å². The standard InChI is InChI=1S/C19H19F3N2O3/c20-19(21,22)17-10-14(6-7-16(17)13-4-2-1-3-5-13)24-18(25)23-11-15-12-26-8-9-27-15/h1-7,10,15H,8-9,11-12H2,(H2,23,24,25)/t15-/m1/s1. The van der Waals surface area contributed by atoms with E-state index in [1.807, 2.05) is 0 Å². The molecule has 3 rings (SSSR count). The summed E-state index contributed by atoms with van der Waals surface area (Å²) in [5.41, 5.74) is -0.243. The van der Waals surface area contributed by atoms with Crippen LogP contribution in [-0.4, -0.2) is 38.5 Å². The van der Waals surface area contributed by atoms with Gasteiger partial charge in [0.05, 0.1) is 31.5 Å². The monoisotopic (exact) mass is 380 g/mol. The summed E-state index contributed by atoms with van der Waals surface area (Å²) in [7, 11) is 0. The van der Waals surface area contributed by atoms with Gasteiger partial charge in [-0.25, -0.2) is 4.79 Å². The van der Waals surface area contributed by atoms with E-state index in [0.717, 1.165) is 6.07 Å². The molecule has 1 aliphatic heterocycles. The number of nitrogens with one attached hydrogen (secondary N) is 2. The van der Waals surface area contributed by atoms with E-state index in [2.05, 4.69) is 10.6 Å². The summed E-state index contributed by atoms with van der Waals surface area (Å²) in [5.74, 6) is 0. The van der Waals surface area contributed by atoms with Crippen molar-refractivity contribution in [3.8, 4) is 11.1 Å². The van der Waals surface area contributed by atoms with Crippen molar-refractivity contribution in [1.29, 1.82) is 0 Å². The van der Waals surface area contributed by atoms with Gasteiger partial charge in [0.2, 0.25) is 0 Å². The molecule has 1 aliphatic rings. The fraction of sp³-hybridized carbons (Fsp3) is 0.316. The molecule has 0 unspecified atom stereocenters. The topological polar surface area (TPSA) is 59.6 Å². The first-order chi connectivity index (χ1) is 12.9. The highest BCUT2D eigenvalue weighted by atomic mass is 19.4. The molecule has 0 aromatic heterocycles. The molecule has 1 heterocycles. The van der Waals surface area contributed by atoms with Crippen LogP contribution in [0.4, 0.5) is 23.7 Å². The van der Waals surface area contributed by atoms with Gasteiger partial charge in [-0.2, -0.15) is 13.2 Å². The Balaban J connectivity index is 1.71. The van der Waals surface area contributed by atoms with Crippen molar-refractivity contribution in [2.45, 2.75) is 12.3 Å². The number of carbonyl (C=O) groups is 1. The fourth-order valence-corrected chi connectivity index (χ4v) is 2.76. The molecule has 2 amide bonds. The van der Waals surface area contributed by atoms with Crippen LogP contribution in [0.1, 0.15) is 5.56 Å². The summed E-state index contributed by atoms with van der Waals surface area (Å²) in [4.78, 5) is 12.0. The Labute approximate surface area is 154 Å². The third-order valence-electron chi connectivity index (χ3n) is 4.04. The molecule has 0 bridgehead atoms. The van der Waals surface area contributed by atoms with Crippen LogP contribution in [0.3, 0.4) is 0 Å². The highest BCUT2D eigenvalue weighted by Gasteiger charge is 2.34. The average molecular weight is 380 g/mol. The number of rotatable bonds is 4. The maximum absolute atomic E-state index is 13.5. The molecule has 2 aromatic carbocycles. The van der Waals surface area contributed by atoms with Crippen molar-refractivity contribution in [1.82, 2.24) is 5.32 Å². The Bertz CT molecular complexity index is 776. The van der Waals surface area contributed by atoms with Crippen LogP contribution in [0.5, 0.6) is 0 Å². The minimum absolute atomic E-state index is 0.0559. The molecule has 0 radical (unpaired) electrons. The van der Waals surface area contributed by atoms with E-state index in [9.17, 15) is 18.0 Å². The number of anilines is 1. The number of ether oxygens (including phenoxy) is 2. The molecule has 0 aliphatic carbocycles. The molecule has 2 N–H and O–H groups in total. The molecule has 27 heavy (non-hydrogen) atoms. The summed E-state index contributed by atoms with van der Waals surface area (Å²) in [6.07, 6.45) is -4.82. The predicted molar refractivity (Wildman–Crippen MR) is 94.5 cm³/mol. The quantitative estimate of drug-likeness (QED) is 0.846. The zero-order valence-electron chi connectivity index (χ0n) is 14.4. The Kier molecular flexibility index (Phi) is 5.98. The van der Waals surface area contributed by atoms with Crippen molar-refractivity contribution in [3.05, 3.63) is 54.1 Å². The lowest BCUT2D eigenvalue weighted by Gasteiger charge is -2.23. The molecule has 1 fully saturated rings. The van der Waals surface area contributed by atoms with E-state index in [4.69, 9.17) is 9.47 Å². The van der Waals surface area contributed by atoms with Gasteiger partial charge in [0.15, 0.2) is 0 Å². The van der Waals surface area contributed by atoms with E-state index >= 15 is 0 Å². The second kappa shape index (κ2) is 8.41. The SMILES string of the molecule is O=C(NC[C@@H]1COCCO1)Nc1ccc(-c2ccccc2)c(C(F)(F)F)c1. The number of amides is 2. The normalized spacial score (nSPS) is 17.4. The second-order valence-corrected chi connectivity index (χ2v) is 6.03. The van der Waals surface area contributed by atoms with E-state index in [0.29, 0.717) is 25.4 Å². The van der Waals surface area contributed by atoms with Gasteiger partial charge in [-0.05, 0) is 23.3 Å². The second-order valence-electron chi connectivity index (χ2n) is 6.03. The number of benzene rings is 2. The zero-order chi connectivity index (χ0) is 19.3. The smallest absolute Gasteiger partial charge is 0.376 e. The molecule has 8 heteroatoms. The largest absolute Gasteiger partial charge is 0.417 e. The van der Waals surface area contributed by atoms with Gasteiger partial charge in [0.25, 0.3) is 0 Å². The predicted octanol–water partition coefficient (Wildman–Crippen LogP) is 3.91. The molecule has 144 valence electrons. The maximum Gasteiger partial charge on any atom is 0.417 e. The first-order valence-electron chi connectivity index (χ1n) is 8.44. The number of alkyl halides is 3. The van der Waals surface area contributed by atoms with E-state index < -0.39 is 17.8 Å². The van der Waals surface area contributed by atoms with Gasteiger partial charge >= 0.3 is 12.2 Å². The van der Waals surface area contributed by atoms with Gasteiger partial charge in [0.1, 0.15) is 0 Å². The minimum Gasteiger partial charge on any atom is -0.376 e. The minimum atomic E-state index is -4.55. The lowest BCUT2D eigenvalue weighted by molar-refractivity contribution is -0.137. The van der Waals surface area contributed by atoms with Crippen molar-refractivity contribution < 1.29 is 27.4 Å². The highest BCUT2D eigenvalue weighted by molar-refractivity contribution is 5.90. The summed E-state index contributed by atoms with van der Waals surface area (Å²) < 4.78 is 51.1. The molecule has 0 saturated carbocycles. The number of halogens is 3. The van der Waals surface area contributed by atoms with Crippen molar-refractivity contribution in [2.75, 3.05) is 31.7 Å². The Morgan fingerprint density at radius 1 is 1.11 bits per heavy atom. The third-order valence-corrected chi connectivity index (χ3v) is 4.04. The summed E-state index contributed by atoms with van der Waals surface area (Å²) in [5, 5.41) is 5.00. The Morgan fingerprint density at radius 3 is 2.56 bits per heavy atom. The number of hydrogen-bond acceptors (Lipinski definition) is 3. The third kappa shape index (κ3) is 5.21. The molecule has 1 saturated heterocycles. The lowest BCUT2D eigenvalue weighted by Crippen LogP contribution is -2.41. The summed E-state index contributed by atoms with van der Waals surface area (Å²) in [6, 6.07) is 11.4. The average Bonchev–Trinajstić information content (AvgIpc) is 2.67. The molecular weight excluding hydrogens is 361 g/mol. The first-order valence-corrected chi connectivity index (χ1v) is 8.44. The highest BCUT2D eigenvalue weighted by Crippen LogP contribution is 2.38. The zero-order valence-corrected chi connectivity index (χ0v) is 14.4. The lowest BCUT2D eigenvalue weighted by atomic mass is 9.98. The van der Waals surface area contributed by atoms with Crippen molar-refractivity contribution in [2.24, 2.45) is 0 Å². The molecule has 0 spiro atoms. The fourth-order valence-electron chi connectivity index (χ4n) is 2.76. The van der Waals surface area contributed by atoms with Crippen LogP contribution in [0, 0.1) is 0 Å². The van der Waals surface area contributed by atoms with Crippen LogP contribution in [0.25, 0.3) is 11.1 Å². The van der Waals surface area contributed by atoms with Crippen LogP contribution in [-0.2, 0) is 15.7 Å². The van der Waals surface area contributed by atoms with Crippen LogP contribution >= 0.6 is 0 Å². The molecule has 2 aromatic rings. The van der Waals surface area contributed by atoms with Gasteiger partial charge in [-0.15, -0.1) is 0 Å². The molecular formula is C19H19F3N2O3. The molecule has 1 atom stereocenters. The Hall–Kier alpha value is -2.58. The maximum atomic E-state index is 13.5. The van der Waals surface area contributed by atoms with E-state index in [1.165, 1.54) is 12.1 Å². The van der Waals surface area contributed by atoms with Gasteiger partial charge in [-0.3, -0.25) is 0 Å². The summed E-state index contributed by atoms with van der Waals surface area (Å²) in [6.45, 7) is 1.53. The summed E-state index contributed by atoms with van der Waals surface area (Å²) >= 11 is 0. The number of hydrogen-bond donors (Lipinski definition) is 2. The van der Waals surface area contributed by atoms with E-state index in [-0.39, 0.29) is 23.9 Å². The van der Waals surface area contributed by atoms with E-state index in [1.54, 1.807) is 30.3 Å². The van der Waals surface area contributed by atoms with Gasteiger partial charge in [0, 0.05) is 12.2 Å². The van der Waals surface area contributed by atoms with Gasteiger partial charge in [-0.1, -0.05) is 36.4 Å². The van der Waals surface area contributed by atoms with Crippen LogP contribution < -0.4 is 10.6 Å². The van der Waals surface area contributed by atoms with Crippen LogP contribution in [0.2, 0.25) is 0 Å². The first kappa shape index (κ1) is 19.2. The van der Waals surface area contributed by atoms with Crippen molar-refractivity contribution in [3.63, 3.8) is 0 Å². The number of urea groups is 1.